The minimum absolute atomic E-state index is 0.0663. The predicted octanol–water partition coefficient (Wildman–Crippen LogP) is 3.35. The van der Waals surface area contributed by atoms with Gasteiger partial charge in [0.1, 0.15) is 11.9 Å². The first-order valence-corrected chi connectivity index (χ1v) is 10.1. The van der Waals surface area contributed by atoms with Crippen LogP contribution in [0.5, 0.6) is 5.75 Å². The number of nitrogens with one attached hydrogen (secondary N) is 2. The summed E-state index contributed by atoms with van der Waals surface area (Å²) >= 11 is 1.82. The van der Waals surface area contributed by atoms with E-state index in [0.717, 1.165) is 37.6 Å². The number of hydrogen-bond acceptors (Lipinski definition) is 4. The van der Waals surface area contributed by atoms with Gasteiger partial charge in [0.15, 0.2) is 5.96 Å². The molecule has 26 heavy (non-hydrogen) atoms. The van der Waals surface area contributed by atoms with Gasteiger partial charge in [-0.25, -0.2) is 0 Å². The lowest BCUT2D eigenvalue weighted by Crippen LogP contribution is -2.50. The van der Waals surface area contributed by atoms with Gasteiger partial charge in [-0.15, -0.1) is 11.3 Å². The van der Waals surface area contributed by atoms with Gasteiger partial charge in [-0.2, -0.15) is 0 Å². The quantitative estimate of drug-likeness (QED) is 0.603. The highest BCUT2D eigenvalue weighted by Gasteiger charge is 2.20. The molecule has 3 rings (SSSR count). The largest absolute Gasteiger partial charge is 0.489 e. The number of para-hydroxylation sites is 1. The maximum Gasteiger partial charge on any atom is 0.191 e. The number of anilines is 1. The maximum atomic E-state index is 5.90. The molecular formula is C20H28N4OS. The average molecular weight is 373 g/mol. The SMILES string of the molecule is CN=C(NCC(C)Oc1ccccc1)NC1CCN(c2cccs2)CC1. The Hall–Kier alpha value is -2.21. The molecule has 2 heterocycles. The number of nitrogens with zero attached hydrogens (tertiary/aromatic N) is 2. The third-order valence-corrected chi connectivity index (χ3v) is 5.44. The van der Waals surface area contributed by atoms with E-state index in [-0.39, 0.29) is 6.10 Å². The highest BCUT2D eigenvalue weighted by Crippen LogP contribution is 2.24. The molecule has 2 aromatic rings. The number of rotatable bonds is 6. The monoisotopic (exact) mass is 372 g/mol. The van der Waals surface area contributed by atoms with Gasteiger partial charge in [-0.05, 0) is 49.4 Å². The first-order valence-electron chi connectivity index (χ1n) is 9.22. The molecule has 1 atom stereocenters. The van der Waals surface area contributed by atoms with Crippen molar-refractivity contribution in [3.63, 3.8) is 0 Å². The molecule has 140 valence electrons. The standard InChI is InChI=1S/C20H28N4OS/c1-16(25-18-7-4-3-5-8-18)15-22-20(21-2)23-17-10-12-24(13-11-17)19-9-6-14-26-19/h3-9,14,16-17H,10-13,15H2,1-2H3,(H2,21,22,23). The molecule has 1 saturated heterocycles. The van der Waals surface area contributed by atoms with E-state index in [2.05, 4.69) is 45.0 Å². The fraction of sp³-hybridized carbons (Fsp3) is 0.450. The van der Waals surface area contributed by atoms with E-state index in [0.29, 0.717) is 12.6 Å². The second kappa shape index (κ2) is 9.48. The Morgan fingerprint density at radius 1 is 1.23 bits per heavy atom. The van der Waals surface area contributed by atoms with Gasteiger partial charge in [-0.1, -0.05) is 18.2 Å². The number of piperidine rings is 1. The fourth-order valence-corrected chi connectivity index (χ4v) is 3.88. The first kappa shape index (κ1) is 18.6. The fourth-order valence-electron chi connectivity index (χ4n) is 3.10. The molecule has 0 amide bonds. The van der Waals surface area contributed by atoms with Gasteiger partial charge < -0.3 is 20.3 Å². The Morgan fingerprint density at radius 3 is 2.65 bits per heavy atom. The van der Waals surface area contributed by atoms with E-state index in [4.69, 9.17) is 4.74 Å². The zero-order chi connectivity index (χ0) is 18.2. The van der Waals surface area contributed by atoms with Crippen LogP contribution in [0.25, 0.3) is 0 Å². The van der Waals surface area contributed by atoms with Crippen LogP contribution in [0.1, 0.15) is 19.8 Å². The zero-order valence-corrected chi connectivity index (χ0v) is 16.3. The summed E-state index contributed by atoms with van der Waals surface area (Å²) < 4.78 is 5.90. The smallest absolute Gasteiger partial charge is 0.191 e. The lowest BCUT2D eigenvalue weighted by molar-refractivity contribution is 0.223. The van der Waals surface area contributed by atoms with Crippen LogP contribution in [0, 0.1) is 0 Å². The van der Waals surface area contributed by atoms with Gasteiger partial charge in [0.25, 0.3) is 0 Å². The number of benzene rings is 1. The summed E-state index contributed by atoms with van der Waals surface area (Å²) in [6.45, 7) is 4.95. The van der Waals surface area contributed by atoms with Crippen molar-refractivity contribution in [2.45, 2.75) is 31.9 Å². The van der Waals surface area contributed by atoms with Crippen molar-refractivity contribution >= 4 is 22.3 Å². The molecule has 2 N–H and O–H groups in total. The molecule has 1 unspecified atom stereocenters. The summed E-state index contributed by atoms with van der Waals surface area (Å²) in [5, 5.41) is 10.4. The molecular weight excluding hydrogens is 344 g/mol. The van der Waals surface area contributed by atoms with Gasteiger partial charge in [0.05, 0.1) is 11.5 Å². The normalized spacial score (nSPS) is 17.0. The average Bonchev–Trinajstić information content (AvgIpc) is 3.21. The second-order valence-corrected chi connectivity index (χ2v) is 7.48. The van der Waals surface area contributed by atoms with E-state index in [1.165, 1.54) is 5.00 Å². The van der Waals surface area contributed by atoms with E-state index >= 15 is 0 Å². The van der Waals surface area contributed by atoms with Gasteiger partial charge >= 0.3 is 0 Å². The van der Waals surface area contributed by atoms with Gasteiger partial charge in [-0.3, -0.25) is 4.99 Å². The number of guanidine groups is 1. The zero-order valence-electron chi connectivity index (χ0n) is 15.5. The van der Waals surface area contributed by atoms with E-state index < -0.39 is 0 Å². The summed E-state index contributed by atoms with van der Waals surface area (Å²) in [5.74, 6) is 1.74. The molecule has 0 bridgehead atoms. The first-order chi connectivity index (χ1) is 12.7. The molecule has 0 radical (unpaired) electrons. The van der Waals surface area contributed by atoms with Crippen LogP contribution in [0.15, 0.2) is 52.8 Å². The lowest BCUT2D eigenvalue weighted by Gasteiger charge is -2.33. The minimum Gasteiger partial charge on any atom is -0.489 e. The van der Waals surface area contributed by atoms with Gasteiger partial charge in [0.2, 0.25) is 0 Å². The van der Waals surface area contributed by atoms with E-state index in [1.807, 2.05) is 48.7 Å². The molecule has 0 saturated carbocycles. The number of ether oxygens (including phenoxy) is 1. The minimum atomic E-state index is 0.0663. The van der Waals surface area contributed by atoms with Crippen molar-refractivity contribution < 1.29 is 4.74 Å². The molecule has 1 fully saturated rings. The van der Waals surface area contributed by atoms with Crippen LogP contribution >= 0.6 is 11.3 Å². The third-order valence-electron chi connectivity index (χ3n) is 4.51. The summed E-state index contributed by atoms with van der Waals surface area (Å²) in [7, 11) is 1.82. The summed E-state index contributed by atoms with van der Waals surface area (Å²) in [6, 6.07) is 14.7. The van der Waals surface area contributed by atoms with E-state index in [1.54, 1.807) is 0 Å². The van der Waals surface area contributed by atoms with Crippen LogP contribution in [0.3, 0.4) is 0 Å². The highest BCUT2D eigenvalue weighted by atomic mass is 32.1. The van der Waals surface area contributed by atoms with Crippen LogP contribution in [0.2, 0.25) is 0 Å². The van der Waals surface area contributed by atoms with Gasteiger partial charge in [0, 0.05) is 26.2 Å². The molecule has 1 aliphatic rings. The Kier molecular flexibility index (Phi) is 6.77. The molecule has 1 aromatic heterocycles. The molecule has 1 aliphatic heterocycles. The summed E-state index contributed by atoms with van der Waals surface area (Å²) in [4.78, 5) is 6.82. The topological polar surface area (TPSA) is 48.9 Å². The molecule has 1 aromatic carbocycles. The Labute approximate surface area is 160 Å². The van der Waals surface area contributed by atoms with Crippen molar-refractivity contribution in [1.82, 2.24) is 10.6 Å². The van der Waals surface area contributed by atoms with Crippen LogP contribution in [-0.4, -0.2) is 44.8 Å². The predicted molar refractivity (Wildman–Crippen MR) is 111 cm³/mol. The molecule has 0 aliphatic carbocycles. The Balaban J connectivity index is 1.39. The van der Waals surface area contributed by atoms with Crippen LogP contribution in [0.4, 0.5) is 5.00 Å². The van der Waals surface area contributed by atoms with Crippen molar-refractivity contribution in [2.75, 3.05) is 31.6 Å². The molecule has 5 nitrogen and oxygen atoms in total. The van der Waals surface area contributed by atoms with Crippen LogP contribution in [-0.2, 0) is 0 Å². The lowest BCUT2D eigenvalue weighted by atomic mass is 10.1. The van der Waals surface area contributed by atoms with Crippen molar-refractivity contribution in [3.05, 3.63) is 47.8 Å². The van der Waals surface area contributed by atoms with Crippen molar-refractivity contribution in [1.29, 1.82) is 0 Å². The summed E-state index contributed by atoms with van der Waals surface area (Å²) in [5.41, 5.74) is 0. The number of aliphatic imine (C=N–C) groups is 1. The third kappa shape index (κ3) is 5.39. The number of thiophene rings is 1. The van der Waals surface area contributed by atoms with Crippen LogP contribution < -0.4 is 20.3 Å². The molecule has 6 heteroatoms. The summed E-state index contributed by atoms with van der Waals surface area (Å²) in [6.07, 6.45) is 2.31. The Bertz CT molecular complexity index is 666. The number of hydrogen-bond donors (Lipinski definition) is 2. The van der Waals surface area contributed by atoms with Crippen molar-refractivity contribution in [2.24, 2.45) is 4.99 Å². The highest BCUT2D eigenvalue weighted by molar-refractivity contribution is 7.14. The second-order valence-electron chi connectivity index (χ2n) is 6.55. The van der Waals surface area contributed by atoms with E-state index in [9.17, 15) is 0 Å². The van der Waals surface area contributed by atoms with Crippen molar-refractivity contribution in [3.8, 4) is 5.75 Å². The molecule has 0 spiro atoms. The maximum absolute atomic E-state index is 5.90. The Morgan fingerprint density at radius 2 is 2.00 bits per heavy atom.